The lowest BCUT2D eigenvalue weighted by molar-refractivity contribution is 0.482. The minimum atomic E-state index is -3.42. The van der Waals surface area contributed by atoms with Crippen molar-refractivity contribution in [3.8, 4) is 11.3 Å². The highest BCUT2D eigenvalue weighted by molar-refractivity contribution is 7.90. The number of nitrogens with one attached hydrogen (secondary N) is 2. The van der Waals surface area contributed by atoms with Crippen molar-refractivity contribution in [1.29, 1.82) is 0 Å². The minimum absolute atomic E-state index is 0.570. The first kappa shape index (κ1) is 13.1. The molecule has 1 fully saturated rings. The lowest BCUT2D eigenvalue weighted by Gasteiger charge is -2.16. The van der Waals surface area contributed by atoms with Crippen LogP contribution < -0.4 is 4.72 Å². The summed E-state index contributed by atoms with van der Waals surface area (Å²) in [6, 6.07) is 9.09. The van der Waals surface area contributed by atoms with Gasteiger partial charge in [-0.05, 0) is 36.6 Å². The molecule has 1 aromatic carbocycles. The predicted molar refractivity (Wildman–Crippen MR) is 77.4 cm³/mol. The Morgan fingerprint density at radius 3 is 2.40 bits per heavy atom. The molecule has 0 atom stereocenters. The van der Waals surface area contributed by atoms with Crippen LogP contribution in [0.2, 0.25) is 0 Å². The van der Waals surface area contributed by atoms with E-state index < -0.39 is 10.2 Å². The van der Waals surface area contributed by atoms with Crippen LogP contribution in [0.5, 0.6) is 0 Å². The van der Waals surface area contributed by atoms with Gasteiger partial charge < -0.3 is 0 Å². The monoisotopic (exact) mass is 292 g/mol. The quantitative estimate of drug-likeness (QED) is 0.902. The van der Waals surface area contributed by atoms with Crippen LogP contribution in [0.4, 0.5) is 5.69 Å². The van der Waals surface area contributed by atoms with Crippen molar-refractivity contribution in [2.24, 2.45) is 0 Å². The molecular weight excluding hydrogens is 276 g/mol. The Morgan fingerprint density at radius 2 is 1.80 bits per heavy atom. The minimum Gasteiger partial charge on any atom is -0.278 e. The van der Waals surface area contributed by atoms with Crippen LogP contribution in [0.15, 0.2) is 36.5 Å². The summed E-state index contributed by atoms with van der Waals surface area (Å²) in [5, 5.41) is 6.76. The smallest absolute Gasteiger partial charge is 0.278 e. The molecule has 20 heavy (non-hydrogen) atoms. The van der Waals surface area contributed by atoms with Crippen molar-refractivity contribution in [2.75, 3.05) is 17.8 Å². The fourth-order valence-electron chi connectivity index (χ4n) is 2.28. The molecule has 0 spiro atoms. The van der Waals surface area contributed by atoms with Crippen molar-refractivity contribution >= 4 is 15.9 Å². The lowest BCUT2D eigenvalue weighted by atomic mass is 10.1. The summed E-state index contributed by atoms with van der Waals surface area (Å²) in [5.74, 6) is 0. The third kappa shape index (κ3) is 2.68. The highest BCUT2D eigenvalue weighted by Gasteiger charge is 2.24. The van der Waals surface area contributed by atoms with Crippen molar-refractivity contribution in [3.05, 3.63) is 36.5 Å². The largest absolute Gasteiger partial charge is 0.301 e. The Bertz CT molecular complexity index is 659. The molecule has 106 valence electrons. The molecule has 6 nitrogen and oxygen atoms in total. The SMILES string of the molecule is O=S(=O)(Nc1ccc(-c2ccn[nH]2)cc1)N1CCCC1. The number of H-pyrrole nitrogens is 1. The first-order valence-corrected chi connectivity index (χ1v) is 7.97. The molecule has 2 aromatic rings. The maximum atomic E-state index is 12.1. The molecule has 0 saturated carbocycles. The first-order chi connectivity index (χ1) is 9.65. The fraction of sp³-hybridized carbons (Fsp3) is 0.308. The average molecular weight is 292 g/mol. The van der Waals surface area contributed by atoms with E-state index in [-0.39, 0.29) is 0 Å². The molecule has 1 saturated heterocycles. The zero-order valence-corrected chi connectivity index (χ0v) is 11.7. The van der Waals surface area contributed by atoms with Crippen LogP contribution in [-0.2, 0) is 10.2 Å². The topological polar surface area (TPSA) is 78.1 Å². The van der Waals surface area contributed by atoms with Gasteiger partial charge in [-0.3, -0.25) is 9.82 Å². The second kappa shape index (κ2) is 5.26. The van der Waals surface area contributed by atoms with Gasteiger partial charge in [0.25, 0.3) is 0 Å². The van der Waals surface area contributed by atoms with Crippen molar-refractivity contribution in [2.45, 2.75) is 12.8 Å². The summed E-state index contributed by atoms with van der Waals surface area (Å²) < 4.78 is 28.3. The van der Waals surface area contributed by atoms with Gasteiger partial charge in [-0.2, -0.15) is 17.8 Å². The number of hydrogen-bond donors (Lipinski definition) is 2. The number of anilines is 1. The van der Waals surface area contributed by atoms with E-state index in [1.807, 2.05) is 18.2 Å². The van der Waals surface area contributed by atoms with Gasteiger partial charge in [-0.15, -0.1) is 0 Å². The van der Waals surface area contributed by atoms with Gasteiger partial charge in [0.1, 0.15) is 0 Å². The summed E-state index contributed by atoms with van der Waals surface area (Å²) in [4.78, 5) is 0. The van der Waals surface area contributed by atoms with E-state index in [1.54, 1.807) is 18.3 Å². The standard InChI is InChI=1S/C13H16N4O2S/c18-20(19,17-9-1-2-10-17)16-12-5-3-11(4-6-12)13-7-8-14-15-13/h3-8,16H,1-2,9-10H2,(H,14,15). The summed E-state index contributed by atoms with van der Waals surface area (Å²) in [6.45, 7) is 1.20. The number of benzene rings is 1. The van der Waals surface area contributed by atoms with E-state index in [9.17, 15) is 8.42 Å². The van der Waals surface area contributed by atoms with Crippen molar-refractivity contribution in [1.82, 2.24) is 14.5 Å². The zero-order valence-electron chi connectivity index (χ0n) is 10.9. The highest BCUT2D eigenvalue weighted by Crippen LogP contribution is 2.21. The summed E-state index contributed by atoms with van der Waals surface area (Å²) >= 11 is 0. The molecule has 7 heteroatoms. The van der Waals surface area contributed by atoms with Crippen LogP contribution in [-0.4, -0.2) is 36.0 Å². The summed E-state index contributed by atoms with van der Waals surface area (Å²) in [5.41, 5.74) is 2.44. The van der Waals surface area contributed by atoms with Crippen molar-refractivity contribution < 1.29 is 8.42 Å². The van der Waals surface area contributed by atoms with E-state index >= 15 is 0 Å². The third-order valence-electron chi connectivity index (χ3n) is 3.35. The highest BCUT2D eigenvalue weighted by atomic mass is 32.2. The molecular formula is C13H16N4O2S. The average Bonchev–Trinajstić information content (AvgIpc) is 3.13. The normalized spacial score (nSPS) is 16.4. The zero-order chi connectivity index (χ0) is 14.0. The molecule has 0 amide bonds. The van der Waals surface area contributed by atoms with Gasteiger partial charge in [-0.25, -0.2) is 0 Å². The van der Waals surface area contributed by atoms with Crippen LogP contribution in [0.1, 0.15) is 12.8 Å². The summed E-state index contributed by atoms with van der Waals surface area (Å²) in [7, 11) is -3.42. The second-order valence-corrected chi connectivity index (χ2v) is 6.43. The van der Waals surface area contributed by atoms with Crippen molar-refractivity contribution in [3.63, 3.8) is 0 Å². The Labute approximate surface area is 118 Å². The number of rotatable bonds is 4. The first-order valence-electron chi connectivity index (χ1n) is 6.53. The molecule has 2 heterocycles. The molecule has 1 aromatic heterocycles. The Kier molecular flexibility index (Phi) is 3.45. The Balaban J connectivity index is 1.75. The van der Waals surface area contributed by atoms with E-state index in [0.717, 1.165) is 24.1 Å². The number of hydrogen-bond acceptors (Lipinski definition) is 3. The van der Waals surface area contributed by atoms with E-state index in [0.29, 0.717) is 18.8 Å². The van der Waals surface area contributed by atoms with E-state index in [4.69, 9.17) is 0 Å². The third-order valence-corrected chi connectivity index (χ3v) is 4.89. The van der Waals surface area contributed by atoms with Gasteiger partial charge in [0.15, 0.2) is 0 Å². The van der Waals surface area contributed by atoms with Crippen LogP contribution in [0.25, 0.3) is 11.3 Å². The maximum absolute atomic E-state index is 12.1. The van der Waals surface area contributed by atoms with Gasteiger partial charge in [0.05, 0.1) is 5.69 Å². The fourth-order valence-corrected chi connectivity index (χ4v) is 3.58. The number of aromatic nitrogens is 2. The number of aromatic amines is 1. The summed E-state index contributed by atoms with van der Waals surface area (Å²) in [6.07, 6.45) is 3.54. The lowest BCUT2D eigenvalue weighted by Crippen LogP contribution is -2.33. The van der Waals surface area contributed by atoms with Crippen LogP contribution >= 0.6 is 0 Å². The van der Waals surface area contributed by atoms with Crippen LogP contribution in [0.3, 0.4) is 0 Å². The predicted octanol–water partition coefficient (Wildman–Crippen LogP) is 1.83. The van der Waals surface area contributed by atoms with Crippen LogP contribution in [0, 0.1) is 0 Å². The maximum Gasteiger partial charge on any atom is 0.301 e. The van der Waals surface area contributed by atoms with E-state index in [2.05, 4.69) is 14.9 Å². The molecule has 0 radical (unpaired) electrons. The van der Waals surface area contributed by atoms with Gasteiger partial charge in [-0.1, -0.05) is 12.1 Å². The number of nitrogens with zero attached hydrogens (tertiary/aromatic N) is 2. The molecule has 3 rings (SSSR count). The molecule has 0 bridgehead atoms. The molecule has 1 aliphatic rings. The molecule has 0 unspecified atom stereocenters. The van der Waals surface area contributed by atoms with Gasteiger partial charge in [0, 0.05) is 25.0 Å². The molecule has 0 aliphatic carbocycles. The van der Waals surface area contributed by atoms with Gasteiger partial charge >= 0.3 is 10.2 Å². The molecule has 1 aliphatic heterocycles. The second-order valence-electron chi connectivity index (χ2n) is 4.76. The van der Waals surface area contributed by atoms with Gasteiger partial charge in [0.2, 0.25) is 0 Å². The van der Waals surface area contributed by atoms with E-state index in [1.165, 1.54) is 4.31 Å². The molecule has 2 N–H and O–H groups in total. The Morgan fingerprint density at radius 1 is 1.10 bits per heavy atom. The Hall–Kier alpha value is -1.86.